The van der Waals surface area contributed by atoms with Crippen molar-refractivity contribution in [2.75, 3.05) is 25.5 Å². The number of hydrogen-bond donors (Lipinski definition) is 0. The van der Waals surface area contributed by atoms with Gasteiger partial charge in [-0.2, -0.15) is 4.98 Å². The molecule has 25 heavy (non-hydrogen) atoms. The molecule has 134 valence electrons. The maximum atomic E-state index is 12.9. The van der Waals surface area contributed by atoms with Crippen LogP contribution >= 0.6 is 0 Å². The topological polar surface area (TPSA) is 62.5 Å². The first-order chi connectivity index (χ1) is 12.1. The van der Waals surface area contributed by atoms with Gasteiger partial charge in [0.05, 0.1) is 6.04 Å². The third kappa shape index (κ3) is 4.38. The highest BCUT2D eigenvalue weighted by Crippen LogP contribution is 2.29. The van der Waals surface area contributed by atoms with E-state index in [1.807, 2.05) is 25.1 Å². The number of carbonyl (C=O) groups is 1. The lowest BCUT2D eigenvalue weighted by Crippen LogP contribution is -2.35. The number of aryl methyl sites for hydroxylation is 1. The molecule has 0 N–H and O–H groups in total. The molecule has 0 saturated carbocycles. The molecule has 1 saturated heterocycles. The van der Waals surface area contributed by atoms with Crippen molar-refractivity contribution in [3.63, 3.8) is 0 Å². The fraction of sp³-hybridized carbons (Fsp3) is 0.526. The zero-order chi connectivity index (χ0) is 17.6. The molecule has 1 atom stereocenters. The number of carbonyl (C=O) groups excluding carboxylic acids is 1. The summed E-state index contributed by atoms with van der Waals surface area (Å²) in [6, 6.07) is 8.29. The van der Waals surface area contributed by atoms with Crippen LogP contribution in [0.5, 0.6) is 0 Å². The van der Waals surface area contributed by atoms with Crippen molar-refractivity contribution >= 4 is 11.6 Å². The predicted molar refractivity (Wildman–Crippen MR) is 96.3 cm³/mol. The van der Waals surface area contributed by atoms with E-state index in [2.05, 4.69) is 33.2 Å². The Hall–Kier alpha value is -2.37. The second-order valence-electron chi connectivity index (χ2n) is 6.81. The molecular formula is C19H26N4O2. The van der Waals surface area contributed by atoms with Crippen LogP contribution in [0.3, 0.4) is 0 Å². The van der Waals surface area contributed by atoms with Gasteiger partial charge < -0.3 is 14.3 Å². The van der Waals surface area contributed by atoms with Crippen LogP contribution in [-0.2, 0) is 11.2 Å². The quantitative estimate of drug-likeness (QED) is 0.835. The average Bonchev–Trinajstić information content (AvgIpc) is 3.04. The summed E-state index contributed by atoms with van der Waals surface area (Å²) in [4.78, 5) is 21.1. The van der Waals surface area contributed by atoms with Crippen LogP contribution in [0.25, 0.3) is 0 Å². The molecule has 1 amide bonds. The Morgan fingerprint density at radius 3 is 2.96 bits per heavy atom. The summed E-state index contributed by atoms with van der Waals surface area (Å²) in [5.41, 5.74) is 2.34. The van der Waals surface area contributed by atoms with E-state index < -0.39 is 0 Å². The number of likely N-dealkylation sites (tertiary alicyclic amines) is 1. The van der Waals surface area contributed by atoms with Crippen LogP contribution in [0, 0.1) is 0 Å². The minimum atomic E-state index is -0.0538. The molecule has 0 radical (unpaired) electrons. The molecular weight excluding hydrogens is 316 g/mol. The minimum Gasteiger partial charge on any atom is -0.378 e. The third-order valence-electron chi connectivity index (χ3n) is 4.80. The van der Waals surface area contributed by atoms with E-state index in [0.717, 1.165) is 44.3 Å². The normalized spacial score (nSPS) is 18.0. The van der Waals surface area contributed by atoms with E-state index in [0.29, 0.717) is 12.2 Å². The molecule has 2 aromatic rings. The molecule has 6 heteroatoms. The van der Waals surface area contributed by atoms with Crippen LogP contribution in [-0.4, -0.2) is 41.6 Å². The SMILES string of the molecule is CN(C)c1cccc(CCC(=O)N2CCCCCC2c2ncon2)c1. The number of rotatable bonds is 5. The summed E-state index contributed by atoms with van der Waals surface area (Å²) in [6.07, 6.45) is 6.77. The molecule has 1 aliphatic rings. The fourth-order valence-corrected chi connectivity index (χ4v) is 3.39. The Bertz CT molecular complexity index is 684. The van der Waals surface area contributed by atoms with Gasteiger partial charge in [0.15, 0.2) is 5.82 Å². The molecule has 1 fully saturated rings. The smallest absolute Gasteiger partial charge is 0.223 e. The number of amides is 1. The predicted octanol–water partition coefficient (Wildman–Crippen LogP) is 3.21. The van der Waals surface area contributed by atoms with Gasteiger partial charge in [-0.15, -0.1) is 0 Å². The van der Waals surface area contributed by atoms with Crippen LogP contribution in [0.1, 0.15) is 49.5 Å². The van der Waals surface area contributed by atoms with E-state index in [1.54, 1.807) is 0 Å². The van der Waals surface area contributed by atoms with Gasteiger partial charge in [-0.05, 0) is 37.0 Å². The number of benzene rings is 1. The van der Waals surface area contributed by atoms with Gasteiger partial charge in [-0.1, -0.05) is 30.1 Å². The van der Waals surface area contributed by atoms with Crippen molar-refractivity contribution in [1.29, 1.82) is 0 Å². The summed E-state index contributed by atoms with van der Waals surface area (Å²) in [6.45, 7) is 0.774. The molecule has 1 aromatic heterocycles. The summed E-state index contributed by atoms with van der Waals surface area (Å²) >= 11 is 0. The Morgan fingerprint density at radius 1 is 1.32 bits per heavy atom. The van der Waals surface area contributed by atoms with E-state index in [-0.39, 0.29) is 11.9 Å². The number of hydrogen-bond acceptors (Lipinski definition) is 5. The fourth-order valence-electron chi connectivity index (χ4n) is 3.39. The average molecular weight is 342 g/mol. The van der Waals surface area contributed by atoms with Gasteiger partial charge in [0.1, 0.15) is 0 Å². The van der Waals surface area contributed by atoms with Crippen molar-refractivity contribution in [3.8, 4) is 0 Å². The molecule has 1 aliphatic heterocycles. The first-order valence-corrected chi connectivity index (χ1v) is 8.97. The van der Waals surface area contributed by atoms with Crippen molar-refractivity contribution in [2.24, 2.45) is 0 Å². The van der Waals surface area contributed by atoms with Gasteiger partial charge in [-0.3, -0.25) is 4.79 Å². The first kappa shape index (κ1) is 17.5. The van der Waals surface area contributed by atoms with Crippen molar-refractivity contribution in [1.82, 2.24) is 15.0 Å². The summed E-state index contributed by atoms with van der Waals surface area (Å²) < 4.78 is 4.90. The summed E-state index contributed by atoms with van der Waals surface area (Å²) in [7, 11) is 4.05. The molecule has 0 spiro atoms. The minimum absolute atomic E-state index is 0.0538. The maximum Gasteiger partial charge on any atom is 0.223 e. The highest BCUT2D eigenvalue weighted by Gasteiger charge is 2.29. The largest absolute Gasteiger partial charge is 0.378 e. The molecule has 2 heterocycles. The zero-order valence-electron chi connectivity index (χ0n) is 15.0. The molecule has 3 rings (SSSR count). The Morgan fingerprint density at radius 2 is 2.20 bits per heavy atom. The zero-order valence-corrected chi connectivity index (χ0v) is 15.0. The molecule has 1 aromatic carbocycles. The van der Waals surface area contributed by atoms with Crippen molar-refractivity contribution in [3.05, 3.63) is 42.0 Å². The summed E-state index contributed by atoms with van der Waals surface area (Å²) in [5, 5.41) is 3.98. The lowest BCUT2D eigenvalue weighted by molar-refractivity contribution is -0.133. The van der Waals surface area contributed by atoms with Crippen LogP contribution in [0.15, 0.2) is 35.2 Å². The van der Waals surface area contributed by atoms with E-state index in [4.69, 9.17) is 4.52 Å². The number of anilines is 1. The highest BCUT2D eigenvalue weighted by atomic mass is 16.5. The van der Waals surface area contributed by atoms with Crippen LogP contribution in [0.4, 0.5) is 5.69 Å². The van der Waals surface area contributed by atoms with E-state index >= 15 is 0 Å². The maximum absolute atomic E-state index is 12.9. The second-order valence-corrected chi connectivity index (χ2v) is 6.81. The van der Waals surface area contributed by atoms with E-state index in [1.165, 1.54) is 12.0 Å². The van der Waals surface area contributed by atoms with Gasteiger partial charge in [0.2, 0.25) is 12.3 Å². The molecule has 1 unspecified atom stereocenters. The molecule has 6 nitrogen and oxygen atoms in total. The monoisotopic (exact) mass is 342 g/mol. The first-order valence-electron chi connectivity index (χ1n) is 8.97. The Balaban J connectivity index is 1.67. The summed E-state index contributed by atoms with van der Waals surface area (Å²) in [5.74, 6) is 0.803. The second kappa shape index (κ2) is 8.14. The van der Waals surface area contributed by atoms with Gasteiger partial charge in [0.25, 0.3) is 0 Å². The van der Waals surface area contributed by atoms with Crippen molar-refractivity contribution in [2.45, 2.75) is 44.6 Å². The molecule has 0 bridgehead atoms. The van der Waals surface area contributed by atoms with Crippen LogP contribution in [0.2, 0.25) is 0 Å². The van der Waals surface area contributed by atoms with Crippen molar-refractivity contribution < 1.29 is 9.32 Å². The van der Waals surface area contributed by atoms with Crippen LogP contribution < -0.4 is 4.90 Å². The Labute approximate surface area is 148 Å². The van der Waals surface area contributed by atoms with Gasteiger partial charge in [0, 0.05) is 32.7 Å². The number of aromatic nitrogens is 2. The number of nitrogens with zero attached hydrogens (tertiary/aromatic N) is 4. The highest BCUT2D eigenvalue weighted by molar-refractivity contribution is 5.77. The van der Waals surface area contributed by atoms with Gasteiger partial charge in [-0.25, -0.2) is 0 Å². The lowest BCUT2D eigenvalue weighted by Gasteiger charge is -2.28. The van der Waals surface area contributed by atoms with Gasteiger partial charge >= 0.3 is 0 Å². The molecule has 0 aliphatic carbocycles. The standard InChI is InChI=1S/C19H26N4O2/c1-22(2)16-8-6-7-15(13-16)10-11-18(24)23-12-5-3-4-9-17(23)19-20-14-25-21-19/h6-8,13-14,17H,3-5,9-12H2,1-2H3. The van der Waals surface area contributed by atoms with E-state index in [9.17, 15) is 4.79 Å². The third-order valence-corrected chi connectivity index (χ3v) is 4.80. The lowest BCUT2D eigenvalue weighted by atomic mass is 10.1. The Kier molecular flexibility index (Phi) is 5.68.